The highest BCUT2D eigenvalue weighted by Crippen LogP contribution is 2.37. The standard InChI is InChI=1S/C31H42N4/c1-26(2)30(24-32,28-12-7-5-8-13-28)16-11-18-34-20-22-35(23-21-34)19-17-31(25-33,27(3)4)29-14-9-6-10-15-29/h5-10,12-15,26-27H,11,16-23H2,1-4H3. The molecule has 2 unspecified atom stereocenters. The summed E-state index contributed by atoms with van der Waals surface area (Å²) in [5.41, 5.74) is 1.43. The molecule has 0 aromatic heterocycles. The maximum atomic E-state index is 10.2. The molecule has 0 bridgehead atoms. The first-order valence-corrected chi connectivity index (χ1v) is 13.3. The number of nitriles is 2. The second-order valence-electron chi connectivity index (χ2n) is 10.7. The van der Waals surface area contributed by atoms with E-state index >= 15 is 0 Å². The van der Waals surface area contributed by atoms with Gasteiger partial charge in [0.2, 0.25) is 0 Å². The third-order valence-corrected chi connectivity index (χ3v) is 8.28. The van der Waals surface area contributed by atoms with Crippen LogP contribution >= 0.6 is 0 Å². The zero-order chi connectivity index (χ0) is 25.3. The van der Waals surface area contributed by atoms with Crippen LogP contribution in [0.1, 0.15) is 58.1 Å². The Bertz CT molecular complexity index is 980. The van der Waals surface area contributed by atoms with Gasteiger partial charge in [-0.05, 0) is 48.8 Å². The quantitative estimate of drug-likeness (QED) is 0.404. The molecule has 186 valence electrons. The summed E-state index contributed by atoms with van der Waals surface area (Å²) in [6, 6.07) is 26.0. The molecular weight excluding hydrogens is 428 g/mol. The Kier molecular flexibility index (Phi) is 9.50. The van der Waals surface area contributed by atoms with Gasteiger partial charge in [0.15, 0.2) is 0 Å². The van der Waals surface area contributed by atoms with E-state index in [4.69, 9.17) is 0 Å². The number of piperazine rings is 1. The highest BCUT2D eigenvalue weighted by molar-refractivity contribution is 5.34. The van der Waals surface area contributed by atoms with Crippen molar-refractivity contribution in [2.24, 2.45) is 11.8 Å². The molecular formula is C31H42N4. The lowest BCUT2D eigenvalue weighted by molar-refractivity contribution is 0.120. The van der Waals surface area contributed by atoms with Crippen LogP contribution < -0.4 is 0 Å². The minimum Gasteiger partial charge on any atom is -0.301 e. The fraction of sp³-hybridized carbons (Fsp3) is 0.548. The van der Waals surface area contributed by atoms with Crippen molar-refractivity contribution >= 4 is 0 Å². The van der Waals surface area contributed by atoms with E-state index in [0.717, 1.165) is 69.7 Å². The first kappa shape index (κ1) is 26.9. The van der Waals surface area contributed by atoms with Crippen LogP contribution in [0.5, 0.6) is 0 Å². The number of rotatable bonds is 11. The second kappa shape index (κ2) is 12.3. The fourth-order valence-corrected chi connectivity index (χ4v) is 5.66. The zero-order valence-electron chi connectivity index (χ0n) is 22.1. The Morgan fingerprint density at radius 1 is 0.657 bits per heavy atom. The van der Waals surface area contributed by atoms with E-state index in [2.05, 4.69) is 73.9 Å². The number of benzene rings is 2. The van der Waals surface area contributed by atoms with Gasteiger partial charge in [0.1, 0.15) is 0 Å². The molecule has 0 saturated carbocycles. The van der Waals surface area contributed by atoms with Crippen LogP contribution in [0.25, 0.3) is 0 Å². The SMILES string of the molecule is CC(C)C(C#N)(CCCN1CCN(CCC(C#N)(c2ccccc2)C(C)C)CC1)c1ccccc1. The van der Waals surface area contributed by atoms with Crippen LogP contribution in [0.4, 0.5) is 0 Å². The average Bonchev–Trinajstić information content (AvgIpc) is 2.89. The molecule has 4 nitrogen and oxygen atoms in total. The lowest BCUT2D eigenvalue weighted by Crippen LogP contribution is -2.48. The molecule has 0 amide bonds. The summed E-state index contributed by atoms with van der Waals surface area (Å²) in [7, 11) is 0. The molecule has 1 aliphatic rings. The van der Waals surface area contributed by atoms with Crippen molar-refractivity contribution in [3.05, 3.63) is 71.8 Å². The van der Waals surface area contributed by atoms with Crippen molar-refractivity contribution in [3.63, 3.8) is 0 Å². The van der Waals surface area contributed by atoms with Gasteiger partial charge in [-0.3, -0.25) is 0 Å². The van der Waals surface area contributed by atoms with E-state index in [1.54, 1.807) is 0 Å². The van der Waals surface area contributed by atoms with Gasteiger partial charge in [-0.2, -0.15) is 10.5 Å². The molecule has 3 rings (SSSR count). The smallest absolute Gasteiger partial charge is 0.0857 e. The predicted molar refractivity (Wildman–Crippen MR) is 144 cm³/mol. The van der Waals surface area contributed by atoms with E-state index in [0.29, 0.717) is 0 Å². The van der Waals surface area contributed by atoms with Crippen molar-refractivity contribution in [1.82, 2.24) is 9.80 Å². The second-order valence-corrected chi connectivity index (χ2v) is 10.7. The highest BCUT2D eigenvalue weighted by Gasteiger charge is 2.37. The molecule has 0 spiro atoms. The third kappa shape index (κ3) is 6.13. The average molecular weight is 471 g/mol. The van der Waals surface area contributed by atoms with Crippen molar-refractivity contribution in [2.75, 3.05) is 39.3 Å². The van der Waals surface area contributed by atoms with Gasteiger partial charge in [-0.1, -0.05) is 88.4 Å². The molecule has 4 heteroatoms. The fourth-order valence-electron chi connectivity index (χ4n) is 5.66. The van der Waals surface area contributed by atoms with E-state index in [9.17, 15) is 10.5 Å². The molecule has 2 aromatic carbocycles. The van der Waals surface area contributed by atoms with Crippen molar-refractivity contribution in [3.8, 4) is 12.1 Å². The molecule has 1 heterocycles. The van der Waals surface area contributed by atoms with Crippen LogP contribution in [-0.2, 0) is 10.8 Å². The molecule has 1 fully saturated rings. The van der Waals surface area contributed by atoms with Gasteiger partial charge < -0.3 is 9.80 Å². The van der Waals surface area contributed by atoms with Crippen LogP contribution in [0, 0.1) is 34.5 Å². The first-order chi connectivity index (χ1) is 16.9. The largest absolute Gasteiger partial charge is 0.301 e. The van der Waals surface area contributed by atoms with Crippen LogP contribution in [-0.4, -0.2) is 49.1 Å². The Morgan fingerprint density at radius 2 is 1.06 bits per heavy atom. The summed E-state index contributed by atoms with van der Waals surface area (Å²) in [6.45, 7) is 14.9. The van der Waals surface area contributed by atoms with Crippen LogP contribution in [0.3, 0.4) is 0 Å². The monoisotopic (exact) mass is 470 g/mol. The third-order valence-electron chi connectivity index (χ3n) is 8.28. The summed E-state index contributed by atoms with van der Waals surface area (Å²) < 4.78 is 0. The maximum Gasteiger partial charge on any atom is 0.0857 e. The molecule has 2 atom stereocenters. The molecule has 0 radical (unpaired) electrons. The normalized spacial score (nSPS) is 18.5. The Labute approximate surface area is 213 Å². The Morgan fingerprint density at radius 3 is 1.46 bits per heavy atom. The molecule has 2 aromatic rings. The van der Waals surface area contributed by atoms with Crippen molar-refractivity contribution in [1.29, 1.82) is 10.5 Å². The van der Waals surface area contributed by atoms with Crippen molar-refractivity contribution < 1.29 is 0 Å². The molecule has 0 N–H and O–H groups in total. The topological polar surface area (TPSA) is 54.1 Å². The Hall–Kier alpha value is -2.66. The predicted octanol–water partition coefficient (Wildman–Crippen LogP) is 6.01. The minimum absolute atomic E-state index is 0.266. The van der Waals surface area contributed by atoms with E-state index in [-0.39, 0.29) is 11.8 Å². The number of hydrogen-bond donors (Lipinski definition) is 0. The van der Waals surface area contributed by atoms with Crippen LogP contribution in [0.2, 0.25) is 0 Å². The number of hydrogen-bond acceptors (Lipinski definition) is 4. The van der Waals surface area contributed by atoms with Crippen LogP contribution in [0.15, 0.2) is 60.7 Å². The highest BCUT2D eigenvalue weighted by atomic mass is 15.3. The van der Waals surface area contributed by atoms with Gasteiger partial charge in [0, 0.05) is 32.7 Å². The molecule has 0 aliphatic carbocycles. The molecule has 1 aliphatic heterocycles. The van der Waals surface area contributed by atoms with Gasteiger partial charge in [-0.25, -0.2) is 0 Å². The van der Waals surface area contributed by atoms with E-state index < -0.39 is 10.8 Å². The maximum absolute atomic E-state index is 10.2. The summed E-state index contributed by atoms with van der Waals surface area (Å²) >= 11 is 0. The number of nitrogens with zero attached hydrogens (tertiary/aromatic N) is 4. The summed E-state index contributed by atoms with van der Waals surface area (Å²) in [5.74, 6) is 0.542. The van der Waals surface area contributed by atoms with Gasteiger partial charge in [0.05, 0.1) is 23.0 Å². The van der Waals surface area contributed by atoms with E-state index in [1.807, 2.05) is 36.4 Å². The Balaban J connectivity index is 1.51. The van der Waals surface area contributed by atoms with Gasteiger partial charge in [0.25, 0.3) is 0 Å². The summed E-state index contributed by atoms with van der Waals surface area (Å²) in [6.07, 6.45) is 2.78. The van der Waals surface area contributed by atoms with E-state index in [1.165, 1.54) is 0 Å². The summed E-state index contributed by atoms with van der Waals surface area (Å²) in [5, 5.41) is 20.3. The van der Waals surface area contributed by atoms with Gasteiger partial charge in [-0.15, -0.1) is 0 Å². The minimum atomic E-state index is -0.437. The first-order valence-electron chi connectivity index (χ1n) is 13.3. The molecule has 35 heavy (non-hydrogen) atoms. The summed E-state index contributed by atoms with van der Waals surface area (Å²) in [4.78, 5) is 5.06. The lowest BCUT2D eigenvalue weighted by atomic mass is 9.70. The van der Waals surface area contributed by atoms with Crippen molar-refractivity contribution in [2.45, 2.75) is 57.8 Å². The van der Waals surface area contributed by atoms with Gasteiger partial charge >= 0.3 is 0 Å². The lowest BCUT2D eigenvalue weighted by Gasteiger charge is -2.38. The zero-order valence-corrected chi connectivity index (χ0v) is 22.1. The molecule has 1 saturated heterocycles.